The fourth-order valence-corrected chi connectivity index (χ4v) is 3.17. The van der Waals surface area contributed by atoms with E-state index < -0.39 is 0 Å². The van der Waals surface area contributed by atoms with Gasteiger partial charge >= 0.3 is 0 Å². The van der Waals surface area contributed by atoms with Crippen LogP contribution >= 0.6 is 0 Å². The third-order valence-corrected chi connectivity index (χ3v) is 4.71. The molecule has 128 valence electrons. The summed E-state index contributed by atoms with van der Waals surface area (Å²) in [4.78, 5) is 19.1. The van der Waals surface area contributed by atoms with Crippen LogP contribution in [0.25, 0.3) is 0 Å². The lowest BCUT2D eigenvalue weighted by Gasteiger charge is -2.32. The molecule has 0 atom stereocenters. The molecule has 0 bridgehead atoms. The summed E-state index contributed by atoms with van der Waals surface area (Å²) in [7, 11) is 0. The van der Waals surface area contributed by atoms with Crippen molar-refractivity contribution in [2.45, 2.75) is 45.7 Å². The van der Waals surface area contributed by atoms with Gasteiger partial charge in [0.05, 0.1) is 18.2 Å². The Morgan fingerprint density at radius 3 is 2.67 bits per heavy atom. The normalized spacial score (nSPS) is 16.6. The van der Waals surface area contributed by atoms with Gasteiger partial charge in [-0.1, -0.05) is 13.8 Å². The number of aromatic nitrogens is 4. The van der Waals surface area contributed by atoms with Gasteiger partial charge in [-0.05, 0) is 49.4 Å². The highest BCUT2D eigenvalue weighted by Gasteiger charge is 2.20. The maximum absolute atomic E-state index is 12.2. The predicted octanol–water partition coefficient (Wildman–Crippen LogP) is 2.07. The Balaban J connectivity index is 1.53. The summed E-state index contributed by atoms with van der Waals surface area (Å²) >= 11 is 0. The third kappa shape index (κ3) is 4.26. The van der Waals surface area contributed by atoms with Gasteiger partial charge in [0.15, 0.2) is 0 Å². The number of hydrogen-bond acceptors (Lipinski definition) is 5. The van der Waals surface area contributed by atoms with Crippen LogP contribution in [0.1, 0.15) is 43.9 Å². The van der Waals surface area contributed by atoms with E-state index in [2.05, 4.69) is 33.9 Å². The smallest absolute Gasteiger partial charge is 0.253 e. The van der Waals surface area contributed by atoms with Crippen LogP contribution in [-0.2, 0) is 13.1 Å². The Hall–Kier alpha value is -2.08. The van der Waals surface area contributed by atoms with Crippen molar-refractivity contribution in [3.05, 3.63) is 52.5 Å². The Bertz CT molecular complexity index is 705. The lowest BCUT2D eigenvalue weighted by molar-refractivity contribution is 0.166. The standard InChI is InChI=1S/C18H25N5O/c1-14(2)17-9-18(24)23(13-19-17)12-15-4-7-22(8-5-15)11-16-3-6-20-21-10-16/h3,6,9-10,13-15H,4-5,7-8,11-12H2,1-2H3. The largest absolute Gasteiger partial charge is 0.299 e. The molecule has 1 fully saturated rings. The highest BCUT2D eigenvalue weighted by atomic mass is 16.1. The zero-order valence-electron chi connectivity index (χ0n) is 14.4. The molecule has 3 heterocycles. The molecule has 3 rings (SSSR count). The summed E-state index contributed by atoms with van der Waals surface area (Å²) in [6.45, 7) is 7.92. The van der Waals surface area contributed by atoms with Crippen molar-refractivity contribution >= 4 is 0 Å². The zero-order valence-corrected chi connectivity index (χ0v) is 14.4. The Kier molecular flexibility index (Phi) is 5.35. The second-order valence-electron chi connectivity index (χ2n) is 6.93. The molecule has 2 aromatic rings. The van der Waals surface area contributed by atoms with E-state index in [0.717, 1.165) is 44.7 Å². The zero-order chi connectivity index (χ0) is 16.9. The van der Waals surface area contributed by atoms with Gasteiger partial charge in [-0.3, -0.25) is 14.3 Å². The van der Waals surface area contributed by atoms with E-state index in [9.17, 15) is 4.79 Å². The van der Waals surface area contributed by atoms with Crippen LogP contribution in [0.2, 0.25) is 0 Å². The van der Waals surface area contributed by atoms with E-state index >= 15 is 0 Å². The van der Waals surface area contributed by atoms with Crippen LogP contribution in [0.15, 0.2) is 35.6 Å². The summed E-state index contributed by atoms with van der Waals surface area (Å²) in [5.41, 5.74) is 2.14. The molecule has 0 saturated carbocycles. The van der Waals surface area contributed by atoms with Gasteiger partial charge in [-0.2, -0.15) is 10.2 Å². The summed E-state index contributed by atoms with van der Waals surface area (Å²) in [5, 5.41) is 7.74. The predicted molar refractivity (Wildman–Crippen MR) is 92.6 cm³/mol. The van der Waals surface area contributed by atoms with Crippen molar-refractivity contribution in [2.24, 2.45) is 5.92 Å². The van der Waals surface area contributed by atoms with Gasteiger partial charge in [0.2, 0.25) is 0 Å². The molecule has 1 saturated heterocycles. The van der Waals surface area contributed by atoms with Gasteiger partial charge in [0.25, 0.3) is 5.56 Å². The molecular weight excluding hydrogens is 302 g/mol. The molecule has 0 amide bonds. The molecule has 0 unspecified atom stereocenters. The maximum Gasteiger partial charge on any atom is 0.253 e. The fourth-order valence-electron chi connectivity index (χ4n) is 3.17. The average Bonchev–Trinajstić information content (AvgIpc) is 2.59. The maximum atomic E-state index is 12.2. The molecule has 6 nitrogen and oxygen atoms in total. The molecule has 1 aliphatic rings. The van der Waals surface area contributed by atoms with Gasteiger partial charge in [-0.15, -0.1) is 0 Å². The average molecular weight is 327 g/mol. The van der Waals surface area contributed by atoms with Crippen LogP contribution in [0, 0.1) is 5.92 Å². The first kappa shape index (κ1) is 16.8. The van der Waals surface area contributed by atoms with E-state index in [1.165, 1.54) is 5.56 Å². The monoisotopic (exact) mass is 327 g/mol. The number of piperidine rings is 1. The van der Waals surface area contributed by atoms with Crippen molar-refractivity contribution < 1.29 is 0 Å². The topological polar surface area (TPSA) is 63.9 Å². The van der Waals surface area contributed by atoms with E-state index in [0.29, 0.717) is 11.8 Å². The second-order valence-corrected chi connectivity index (χ2v) is 6.93. The minimum Gasteiger partial charge on any atom is -0.299 e. The first-order valence-corrected chi connectivity index (χ1v) is 8.66. The van der Waals surface area contributed by atoms with Gasteiger partial charge in [0.1, 0.15) is 0 Å². The van der Waals surface area contributed by atoms with Crippen LogP contribution < -0.4 is 5.56 Å². The van der Waals surface area contributed by atoms with Gasteiger partial charge < -0.3 is 0 Å². The molecule has 0 spiro atoms. The molecule has 2 aromatic heterocycles. The number of likely N-dealkylation sites (tertiary alicyclic amines) is 1. The SMILES string of the molecule is CC(C)c1cc(=O)n(CC2CCN(Cc3ccnnc3)CC2)cn1. The number of hydrogen-bond donors (Lipinski definition) is 0. The van der Waals surface area contributed by atoms with Crippen LogP contribution in [0.4, 0.5) is 0 Å². The lowest BCUT2D eigenvalue weighted by atomic mass is 9.96. The summed E-state index contributed by atoms with van der Waals surface area (Å²) in [6, 6.07) is 3.69. The molecule has 24 heavy (non-hydrogen) atoms. The quantitative estimate of drug-likeness (QED) is 0.841. The molecule has 1 aliphatic heterocycles. The van der Waals surface area contributed by atoms with Crippen LogP contribution in [0.3, 0.4) is 0 Å². The minimum atomic E-state index is 0.0685. The van der Waals surface area contributed by atoms with E-state index in [1.807, 2.05) is 12.3 Å². The summed E-state index contributed by atoms with van der Waals surface area (Å²) in [5.74, 6) is 0.833. The highest BCUT2D eigenvalue weighted by molar-refractivity contribution is 5.05. The van der Waals surface area contributed by atoms with Crippen LogP contribution in [0.5, 0.6) is 0 Å². The Morgan fingerprint density at radius 2 is 2.04 bits per heavy atom. The summed E-state index contributed by atoms with van der Waals surface area (Å²) in [6.07, 6.45) is 7.50. The molecule has 0 aliphatic carbocycles. The van der Waals surface area contributed by atoms with E-state index in [4.69, 9.17) is 0 Å². The first-order chi connectivity index (χ1) is 11.6. The van der Waals surface area contributed by atoms with Crippen molar-refractivity contribution in [3.63, 3.8) is 0 Å². The number of nitrogens with zero attached hydrogens (tertiary/aromatic N) is 5. The molecule has 0 radical (unpaired) electrons. The summed E-state index contributed by atoms with van der Waals surface area (Å²) < 4.78 is 1.76. The van der Waals surface area contributed by atoms with Gasteiger partial charge in [0, 0.05) is 25.4 Å². The molecule has 6 heteroatoms. The molecular formula is C18H25N5O. The van der Waals surface area contributed by atoms with Crippen molar-refractivity contribution in [3.8, 4) is 0 Å². The number of rotatable bonds is 5. The minimum absolute atomic E-state index is 0.0685. The van der Waals surface area contributed by atoms with E-state index in [1.54, 1.807) is 23.2 Å². The van der Waals surface area contributed by atoms with Crippen molar-refractivity contribution in [1.29, 1.82) is 0 Å². The molecule has 0 N–H and O–H groups in total. The second kappa shape index (κ2) is 7.66. The van der Waals surface area contributed by atoms with E-state index in [-0.39, 0.29) is 5.56 Å². The van der Waals surface area contributed by atoms with Crippen molar-refractivity contribution in [1.82, 2.24) is 24.6 Å². The highest BCUT2D eigenvalue weighted by Crippen LogP contribution is 2.20. The molecule has 0 aromatic carbocycles. The first-order valence-electron chi connectivity index (χ1n) is 8.66. The third-order valence-electron chi connectivity index (χ3n) is 4.71. The Morgan fingerprint density at radius 1 is 1.25 bits per heavy atom. The van der Waals surface area contributed by atoms with Gasteiger partial charge in [-0.25, -0.2) is 4.98 Å². The van der Waals surface area contributed by atoms with Crippen molar-refractivity contribution in [2.75, 3.05) is 13.1 Å². The Labute approximate surface area is 142 Å². The fraction of sp³-hybridized carbons (Fsp3) is 0.556. The lowest BCUT2D eigenvalue weighted by Crippen LogP contribution is -2.36. The van der Waals surface area contributed by atoms with Crippen LogP contribution in [-0.4, -0.2) is 37.7 Å².